The zero-order valence-corrected chi connectivity index (χ0v) is 11.7. The minimum atomic E-state index is -0.974. The van der Waals surface area contributed by atoms with Crippen molar-refractivity contribution < 1.29 is 23.4 Å². The van der Waals surface area contributed by atoms with Crippen molar-refractivity contribution in [3.63, 3.8) is 0 Å². The van der Waals surface area contributed by atoms with Crippen LogP contribution in [-0.2, 0) is 0 Å². The first-order valence-corrected chi connectivity index (χ1v) is 6.45. The third kappa shape index (κ3) is 3.70. The van der Waals surface area contributed by atoms with E-state index in [1.165, 1.54) is 0 Å². The topological polar surface area (TPSA) is 38.7 Å². The summed E-state index contributed by atoms with van der Waals surface area (Å²) < 4.78 is 36.9. The Balaban J connectivity index is 2.11. The molecule has 0 saturated heterocycles. The number of hydrogen-bond acceptors (Lipinski definition) is 3. The van der Waals surface area contributed by atoms with E-state index in [-0.39, 0.29) is 5.75 Å². The first-order chi connectivity index (χ1) is 10.0. The lowest BCUT2D eigenvalue weighted by Gasteiger charge is -2.21. The van der Waals surface area contributed by atoms with Crippen molar-refractivity contribution in [1.82, 2.24) is 0 Å². The Morgan fingerprint density at radius 3 is 2.33 bits per heavy atom. The largest absolute Gasteiger partial charge is 0.497 e. The highest BCUT2D eigenvalue weighted by atomic mass is 19.1. The molecule has 0 saturated carbocycles. The Kier molecular flexibility index (Phi) is 4.75. The number of aliphatic hydroxyl groups is 1. The monoisotopic (exact) mass is 294 g/mol. The van der Waals surface area contributed by atoms with Gasteiger partial charge in [-0.2, -0.15) is 0 Å². The van der Waals surface area contributed by atoms with E-state index < -0.39 is 23.8 Å². The average molecular weight is 294 g/mol. The molecule has 2 aromatic carbocycles. The lowest BCUT2D eigenvalue weighted by molar-refractivity contribution is 0.0442. The van der Waals surface area contributed by atoms with Crippen molar-refractivity contribution >= 4 is 0 Å². The maximum absolute atomic E-state index is 13.5. The first-order valence-electron chi connectivity index (χ1n) is 6.45. The van der Waals surface area contributed by atoms with Crippen LogP contribution in [0.4, 0.5) is 8.78 Å². The molecule has 0 bridgehead atoms. The van der Waals surface area contributed by atoms with E-state index in [1.54, 1.807) is 38.3 Å². The number of rotatable bonds is 5. The molecule has 0 heterocycles. The molecule has 2 unspecified atom stereocenters. The average Bonchev–Trinajstić information content (AvgIpc) is 2.50. The van der Waals surface area contributed by atoms with Crippen molar-refractivity contribution in [3.8, 4) is 11.5 Å². The van der Waals surface area contributed by atoms with Crippen LogP contribution in [0.25, 0.3) is 0 Å². The summed E-state index contributed by atoms with van der Waals surface area (Å²) in [4.78, 5) is 0. The van der Waals surface area contributed by atoms with Crippen LogP contribution >= 0.6 is 0 Å². The number of methoxy groups -OCH3 is 1. The second-order valence-corrected chi connectivity index (χ2v) is 4.62. The van der Waals surface area contributed by atoms with Crippen molar-refractivity contribution in [1.29, 1.82) is 0 Å². The van der Waals surface area contributed by atoms with E-state index in [1.807, 2.05) is 0 Å². The SMILES string of the molecule is COc1ccc(C(O)C(C)Oc2cc(F)ccc2F)cc1. The molecule has 3 nitrogen and oxygen atoms in total. The van der Waals surface area contributed by atoms with Crippen molar-refractivity contribution in [2.24, 2.45) is 0 Å². The van der Waals surface area contributed by atoms with Gasteiger partial charge in [0.2, 0.25) is 0 Å². The van der Waals surface area contributed by atoms with Gasteiger partial charge in [-0.3, -0.25) is 0 Å². The Hall–Kier alpha value is -2.14. The molecule has 0 aliphatic rings. The quantitative estimate of drug-likeness (QED) is 0.917. The molecule has 0 amide bonds. The standard InChI is InChI=1S/C16H16F2O3/c1-10(21-15-9-12(17)5-8-14(15)18)16(19)11-3-6-13(20-2)7-4-11/h3-10,16,19H,1-2H3. The second-order valence-electron chi connectivity index (χ2n) is 4.62. The third-order valence-corrected chi connectivity index (χ3v) is 3.11. The summed E-state index contributed by atoms with van der Waals surface area (Å²) in [7, 11) is 1.55. The minimum absolute atomic E-state index is 0.227. The summed E-state index contributed by atoms with van der Waals surface area (Å²) in [5.74, 6) is -0.839. The fraction of sp³-hybridized carbons (Fsp3) is 0.250. The van der Waals surface area contributed by atoms with Crippen LogP contribution in [0, 0.1) is 11.6 Å². The second kappa shape index (κ2) is 6.54. The molecular formula is C16H16F2O3. The molecule has 2 atom stereocenters. The summed E-state index contributed by atoms with van der Waals surface area (Å²) >= 11 is 0. The molecule has 2 aromatic rings. The van der Waals surface area contributed by atoms with Crippen LogP contribution in [0.1, 0.15) is 18.6 Å². The predicted molar refractivity (Wildman–Crippen MR) is 74.4 cm³/mol. The summed E-state index contributed by atoms with van der Waals surface area (Å²) in [5.41, 5.74) is 0.597. The molecule has 21 heavy (non-hydrogen) atoms. The van der Waals surface area contributed by atoms with E-state index in [0.717, 1.165) is 18.2 Å². The smallest absolute Gasteiger partial charge is 0.165 e. The molecule has 0 aliphatic carbocycles. The van der Waals surface area contributed by atoms with Crippen LogP contribution < -0.4 is 9.47 Å². The van der Waals surface area contributed by atoms with E-state index >= 15 is 0 Å². The summed E-state index contributed by atoms with van der Waals surface area (Å²) in [6.45, 7) is 1.58. The van der Waals surface area contributed by atoms with Crippen molar-refractivity contribution in [3.05, 3.63) is 59.7 Å². The normalized spacial score (nSPS) is 13.6. The highest BCUT2D eigenvalue weighted by molar-refractivity contribution is 5.29. The van der Waals surface area contributed by atoms with Gasteiger partial charge in [0.25, 0.3) is 0 Å². The van der Waals surface area contributed by atoms with Crippen LogP contribution in [0.5, 0.6) is 11.5 Å². The Labute approximate surface area is 121 Å². The highest BCUT2D eigenvalue weighted by Crippen LogP contribution is 2.25. The van der Waals surface area contributed by atoms with Crippen molar-refractivity contribution in [2.75, 3.05) is 7.11 Å². The van der Waals surface area contributed by atoms with Gasteiger partial charge in [-0.25, -0.2) is 8.78 Å². The maximum atomic E-state index is 13.5. The molecule has 0 aliphatic heterocycles. The predicted octanol–water partition coefficient (Wildman–Crippen LogP) is 3.47. The number of aliphatic hydroxyl groups excluding tert-OH is 1. The molecule has 0 spiro atoms. The van der Waals surface area contributed by atoms with Gasteiger partial charge in [0.1, 0.15) is 23.8 Å². The molecule has 1 N–H and O–H groups in total. The molecule has 5 heteroatoms. The molecule has 112 valence electrons. The van der Waals surface area contributed by atoms with Gasteiger partial charge in [0.15, 0.2) is 11.6 Å². The molecule has 0 fully saturated rings. The fourth-order valence-corrected chi connectivity index (χ4v) is 1.90. The van der Waals surface area contributed by atoms with E-state index in [4.69, 9.17) is 9.47 Å². The number of hydrogen-bond donors (Lipinski definition) is 1. The van der Waals surface area contributed by atoms with Crippen LogP contribution in [0.15, 0.2) is 42.5 Å². The van der Waals surface area contributed by atoms with Gasteiger partial charge in [-0.15, -0.1) is 0 Å². The van der Waals surface area contributed by atoms with Gasteiger partial charge in [-0.1, -0.05) is 12.1 Å². The first kappa shape index (κ1) is 15.3. The Morgan fingerprint density at radius 2 is 1.71 bits per heavy atom. The van der Waals surface area contributed by atoms with Gasteiger partial charge >= 0.3 is 0 Å². The molecular weight excluding hydrogens is 278 g/mol. The lowest BCUT2D eigenvalue weighted by Crippen LogP contribution is -2.22. The van der Waals surface area contributed by atoms with Crippen LogP contribution in [0.2, 0.25) is 0 Å². The van der Waals surface area contributed by atoms with E-state index in [0.29, 0.717) is 11.3 Å². The van der Waals surface area contributed by atoms with E-state index in [2.05, 4.69) is 0 Å². The lowest BCUT2D eigenvalue weighted by atomic mass is 10.1. The number of benzene rings is 2. The summed E-state index contributed by atoms with van der Waals surface area (Å²) in [5, 5.41) is 10.2. The molecule has 0 aromatic heterocycles. The Morgan fingerprint density at radius 1 is 1.05 bits per heavy atom. The summed E-state index contributed by atoms with van der Waals surface area (Å²) in [6, 6.07) is 9.72. The zero-order valence-electron chi connectivity index (χ0n) is 11.7. The van der Waals surface area contributed by atoms with Gasteiger partial charge < -0.3 is 14.6 Å². The van der Waals surface area contributed by atoms with Gasteiger partial charge in [-0.05, 0) is 36.8 Å². The highest BCUT2D eigenvalue weighted by Gasteiger charge is 2.19. The van der Waals surface area contributed by atoms with E-state index in [9.17, 15) is 13.9 Å². The molecule has 0 radical (unpaired) electrons. The van der Waals surface area contributed by atoms with Gasteiger partial charge in [0, 0.05) is 6.07 Å². The number of halogens is 2. The minimum Gasteiger partial charge on any atom is -0.497 e. The van der Waals surface area contributed by atoms with Gasteiger partial charge in [0.05, 0.1) is 7.11 Å². The molecule has 2 rings (SSSR count). The fourth-order valence-electron chi connectivity index (χ4n) is 1.90. The summed E-state index contributed by atoms with van der Waals surface area (Å²) in [6.07, 6.45) is -1.71. The van der Waals surface area contributed by atoms with Crippen molar-refractivity contribution in [2.45, 2.75) is 19.1 Å². The maximum Gasteiger partial charge on any atom is 0.165 e. The Bertz CT molecular complexity index is 599. The number of ether oxygens (including phenoxy) is 2. The van der Waals surface area contributed by atoms with Crippen LogP contribution in [0.3, 0.4) is 0 Å². The van der Waals surface area contributed by atoms with Crippen LogP contribution in [-0.4, -0.2) is 18.3 Å². The zero-order chi connectivity index (χ0) is 15.4. The third-order valence-electron chi connectivity index (χ3n) is 3.11.